The van der Waals surface area contributed by atoms with E-state index in [4.69, 9.17) is 5.84 Å². The van der Waals surface area contributed by atoms with Gasteiger partial charge in [0.1, 0.15) is 0 Å². The van der Waals surface area contributed by atoms with Crippen LogP contribution in [0.15, 0.2) is 40.8 Å². The maximum absolute atomic E-state index is 12.3. The molecule has 2 N–H and O–H groups in total. The maximum atomic E-state index is 12.3. The second kappa shape index (κ2) is 5.32. The highest BCUT2D eigenvalue weighted by Crippen LogP contribution is 2.26. The predicted octanol–water partition coefficient (Wildman–Crippen LogP) is 1.78. The number of allylic oxidation sites excluding steroid dienone is 1. The lowest BCUT2D eigenvalue weighted by Gasteiger charge is -2.22. The topological polar surface area (TPSA) is 71.6 Å². The summed E-state index contributed by atoms with van der Waals surface area (Å²) < 4.78 is 0. The average molecular weight is 258 g/mol. The molecule has 0 aliphatic carbocycles. The molecule has 0 bridgehead atoms. The molecule has 0 spiro atoms. The Labute approximate surface area is 112 Å². The van der Waals surface area contributed by atoms with E-state index in [1.165, 1.54) is 5.01 Å². The molecule has 2 rings (SSSR count). The molecule has 1 amide bonds. The van der Waals surface area contributed by atoms with Gasteiger partial charge in [0, 0.05) is 35.8 Å². The van der Waals surface area contributed by atoms with Crippen LogP contribution in [-0.2, 0) is 0 Å². The van der Waals surface area contributed by atoms with E-state index in [9.17, 15) is 4.79 Å². The van der Waals surface area contributed by atoms with Crippen LogP contribution in [-0.4, -0.2) is 28.2 Å². The van der Waals surface area contributed by atoms with Gasteiger partial charge in [-0.3, -0.25) is 14.8 Å². The third kappa shape index (κ3) is 2.56. The number of pyridine rings is 1. The SMILES string of the molecule is CC(=C1C(C)C=NC1C)N(N)C(=O)c1ccncc1. The minimum atomic E-state index is -0.237. The van der Waals surface area contributed by atoms with Gasteiger partial charge in [-0.1, -0.05) is 6.92 Å². The number of carbonyl (C=O) groups excluding carboxylic acids is 1. The lowest BCUT2D eigenvalue weighted by Crippen LogP contribution is -2.37. The Morgan fingerprint density at radius 3 is 2.47 bits per heavy atom. The number of nitrogens with zero attached hydrogens (tertiary/aromatic N) is 3. The van der Waals surface area contributed by atoms with E-state index < -0.39 is 0 Å². The first-order valence-corrected chi connectivity index (χ1v) is 6.25. The highest BCUT2D eigenvalue weighted by molar-refractivity contribution is 5.94. The van der Waals surface area contributed by atoms with Crippen molar-refractivity contribution in [2.24, 2.45) is 16.8 Å². The van der Waals surface area contributed by atoms with E-state index in [-0.39, 0.29) is 17.9 Å². The van der Waals surface area contributed by atoms with Gasteiger partial charge in [0.15, 0.2) is 0 Å². The molecule has 0 fully saturated rings. The van der Waals surface area contributed by atoms with Gasteiger partial charge >= 0.3 is 0 Å². The standard InChI is InChI=1S/C14H18N4O/c1-9-8-17-10(2)13(9)11(3)18(15)14(19)12-4-6-16-7-5-12/h4-10H,15H2,1-3H3. The van der Waals surface area contributed by atoms with Crippen molar-refractivity contribution in [3.05, 3.63) is 41.4 Å². The van der Waals surface area contributed by atoms with Crippen LogP contribution in [0.4, 0.5) is 0 Å². The summed E-state index contributed by atoms with van der Waals surface area (Å²) in [6.45, 7) is 5.91. The average Bonchev–Trinajstić information content (AvgIpc) is 2.77. The van der Waals surface area contributed by atoms with Gasteiger partial charge < -0.3 is 0 Å². The van der Waals surface area contributed by atoms with Crippen LogP contribution >= 0.6 is 0 Å². The summed E-state index contributed by atoms with van der Waals surface area (Å²) in [7, 11) is 0. The Balaban J connectivity index is 2.27. The fraction of sp³-hybridized carbons (Fsp3) is 0.357. The number of carbonyl (C=O) groups is 1. The van der Waals surface area contributed by atoms with Crippen molar-refractivity contribution < 1.29 is 4.79 Å². The van der Waals surface area contributed by atoms with Crippen LogP contribution < -0.4 is 5.84 Å². The molecule has 2 unspecified atom stereocenters. The van der Waals surface area contributed by atoms with E-state index in [0.29, 0.717) is 5.56 Å². The van der Waals surface area contributed by atoms with E-state index in [1.807, 2.05) is 20.1 Å². The van der Waals surface area contributed by atoms with Crippen LogP contribution in [0, 0.1) is 5.92 Å². The van der Waals surface area contributed by atoms with Crippen molar-refractivity contribution >= 4 is 12.1 Å². The number of hydrazine groups is 1. The Kier molecular flexibility index (Phi) is 3.76. The highest BCUT2D eigenvalue weighted by Gasteiger charge is 2.25. The van der Waals surface area contributed by atoms with Gasteiger partial charge in [0.05, 0.1) is 6.04 Å². The first kappa shape index (κ1) is 13.4. The van der Waals surface area contributed by atoms with Crippen LogP contribution in [0.3, 0.4) is 0 Å². The molecule has 1 aliphatic rings. The van der Waals surface area contributed by atoms with E-state index >= 15 is 0 Å². The van der Waals surface area contributed by atoms with Gasteiger partial charge in [-0.05, 0) is 31.6 Å². The lowest BCUT2D eigenvalue weighted by molar-refractivity contribution is 0.0803. The molecule has 2 heterocycles. The van der Waals surface area contributed by atoms with Crippen molar-refractivity contribution in [2.45, 2.75) is 26.8 Å². The summed E-state index contributed by atoms with van der Waals surface area (Å²) in [6, 6.07) is 3.38. The molecule has 0 saturated carbocycles. The first-order chi connectivity index (χ1) is 9.02. The van der Waals surface area contributed by atoms with Gasteiger partial charge in [-0.15, -0.1) is 0 Å². The quantitative estimate of drug-likeness (QED) is 0.499. The largest absolute Gasteiger partial charge is 0.289 e. The Morgan fingerprint density at radius 2 is 1.95 bits per heavy atom. The smallest absolute Gasteiger partial charge is 0.272 e. The van der Waals surface area contributed by atoms with E-state index in [2.05, 4.69) is 16.9 Å². The van der Waals surface area contributed by atoms with Gasteiger partial charge in [0.2, 0.25) is 0 Å². The highest BCUT2D eigenvalue weighted by atomic mass is 16.2. The van der Waals surface area contributed by atoms with Crippen molar-refractivity contribution in [2.75, 3.05) is 0 Å². The molecule has 0 radical (unpaired) electrons. The summed E-state index contributed by atoms with van der Waals surface area (Å²) in [4.78, 5) is 20.5. The van der Waals surface area contributed by atoms with E-state index in [1.54, 1.807) is 24.5 Å². The zero-order valence-electron chi connectivity index (χ0n) is 11.4. The lowest BCUT2D eigenvalue weighted by atomic mass is 9.97. The molecule has 100 valence electrons. The first-order valence-electron chi connectivity index (χ1n) is 6.25. The molecule has 0 saturated heterocycles. The molecule has 19 heavy (non-hydrogen) atoms. The molecular weight excluding hydrogens is 240 g/mol. The molecule has 5 nitrogen and oxygen atoms in total. The summed E-state index contributed by atoms with van der Waals surface area (Å²) in [5, 5.41) is 1.20. The fourth-order valence-corrected chi connectivity index (χ4v) is 2.36. The zero-order chi connectivity index (χ0) is 14.0. The van der Waals surface area contributed by atoms with Crippen molar-refractivity contribution in [1.29, 1.82) is 0 Å². The van der Waals surface area contributed by atoms with E-state index in [0.717, 1.165) is 11.3 Å². The molecule has 1 aromatic rings. The number of nitrogens with two attached hydrogens (primary N) is 1. The third-order valence-electron chi connectivity index (χ3n) is 3.40. The number of amides is 1. The van der Waals surface area contributed by atoms with Crippen molar-refractivity contribution in [3.63, 3.8) is 0 Å². The normalized spacial score (nSPS) is 24.4. The summed E-state index contributed by atoms with van der Waals surface area (Å²) >= 11 is 0. The van der Waals surface area contributed by atoms with Crippen LogP contribution in [0.1, 0.15) is 31.1 Å². The van der Waals surface area contributed by atoms with Gasteiger partial charge in [0.25, 0.3) is 5.91 Å². The summed E-state index contributed by atoms with van der Waals surface area (Å²) in [6.07, 6.45) is 5.05. The maximum Gasteiger partial charge on any atom is 0.272 e. The van der Waals surface area contributed by atoms with Crippen molar-refractivity contribution in [1.82, 2.24) is 9.99 Å². The number of hydrogen-bond donors (Lipinski definition) is 1. The number of aromatic nitrogens is 1. The second-order valence-corrected chi connectivity index (χ2v) is 4.71. The molecule has 2 atom stereocenters. The fourth-order valence-electron chi connectivity index (χ4n) is 2.36. The number of aliphatic imine (C=N–C) groups is 1. The van der Waals surface area contributed by atoms with Crippen LogP contribution in [0.25, 0.3) is 0 Å². The number of hydrogen-bond acceptors (Lipinski definition) is 4. The summed E-state index contributed by atoms with van der Waals surface area (Å²) in [5.74, 6) is 5.92. The van der Waals surface area contributed by atoms with Gasteiger partial charge in [-0.2, -0.15) is 0 Å². The van der Waals surface area contributed by atoms with Crippen LogP contribution in [0.5, 0.6) is 0 Å². The predicted molar refractivity (Wildman–Crippen MR) is 74.4 cm³/mol. The zero-order valence-corrected chi connectivity index (χ0v) is 11.4. The van der Waals surface area contributed by atoms with Gasteiger partial charge in [-0.25, -0.2) is 10.9 Å². The summed E-state index contributed by atoms with van der Waals surface area (Å²) in [5.41, 5.74) is 2.38. The Bertz CT molecular complexity index is 522. The third-order valence-corrected chi connectivity index (χ3v) is 3.40. The van der Waals surface area contributed by atoms with Crippen molar-refractivity contribution in [3.8, 4) is 0 Å². The molecular formula is C14H18N4O. The molecule has 0 aromatic carbocycles. The molecule has 1 aliphatic heterocycles. The minimum absolute atomic E-state index is 0.0753. The van der Waals surface area contributed by atoms with Crippen LogP contribution in [0.2, 0.25) is 0 Å². The molecule has 1 aromatic heterocycles. The Hall–Kier alpha value is -2.01. The number of rotatable bonds is 2. The molecule has 5 heteroatoms. The second-order valence-electron chi connectivity index (χ2n) is 4.71. The Morgan fingerprint density at radius 1 is 1.32 bits per heavy atom. The minimum Gasteiger partial charge on any atom is -0.289 e. The monoisotopic (exact) mass is 258 g/mol.